The van der Waals surface area contributed by atoms with Crippen molar-refractivity contribution in [3.05, 3.63) is 70.8 Å². The molecule has 0 bridgehead atoms. The van der Waals surface area contributed by atoms with Gasteiger partial charge in [-0.25, -0.2) is 4.99 Å². The van der Waals surface area contributed by atoms with Crippen LogP contribution in [0.3, 0.4) is 0 Å². The van der Waals surface area contributed by atoms with Gasteiger partial charge < -0.3 is 0 Å². The average Bonchev–Trinajstić information content (AvgIpc) is 3.26. The first-order chi connectivity index (χ1) is 29.6. The summed E-state index contributed by atoms with van der Waals surface area (Å²) in [5, 5.41) is 0. The van der Waals surface area contributed by atoms with Gasteiger partial charge in [0.1, 0.15) is 0 Å². The first-order valence-electron chi connectivity index (χ1n) is 26.6. The molecule has 350 valence electrons. The maximum atomic E-state index is 5.60. The topological polar surface area (TPSA) is 24.7 Å². The van der Waals surface area contributed by atoms with Crippen molar-refractivity contribution in [1.82, 2.24) is 0 Å². The Balaban J connectivity index is 0.0000186. The Kier molecular flexibility index (Phi) is 38.1. The van der Waals surface area contributed by atoms with Gasteiger partial charge in [0, 0.05) is 16.5 Å². The standard InChI is InChI=1S/C58H98N2.Ni/c1-7-13-19-21-23-24-25-26-27-28-29-30-31-32-33-34-36-38-44-58(60-56-49-53(41-17-11-5)46-54(50-56)42-18-12-6)57(43-37-35-22-20-14-8-2)59-55-47-51(39-15-9-3)45-52(48-55)40-16-10-4;/h38,44-50H,7-37,39-43H2,1-6H3;. The molecule has 2 aromatic rings. The summed E-state index contributed by atoms with van der Waals surface area (Å²) in [6.45, 7) is 13.8. The fourth-order valence-electron chi connectivity index (χ4n) is 8.53. The molecule has 0 saturated carbocycles. The summed E-state index contributed by atoms with van der Waals surface area (Å²) in [4.78, 5) is 11.2. The summed E-state index contributed by atoms with van der Waals surface area (Å²) < 4.78 is 0. The number of hydrogen-bond donors (Lipinski definition) is 0. The van der Waals surface area contributed by atoms with Gasteiger partial charge in [0.25, 0.3) is 0 Å². The van der Waals surface area contributed by atoms with Crippen molar-refractivity contribution in [1.29, 1.82) is 0 Å². The van der Waals surface area contributed by atoms with E-state index in [1.807, 2.05) is 0 Å². The Labute approximate surface area is 390 Å². The van der Waals surface area contributed by atoms with Gasteiger partial charge in [-0.1, -0.05) is 214 Å². The Morgan fingerprint density at radius 2 is 0.672 bits per heavy atom. The van der Waals surface area contributed by atoms with Crippen molar-refractivity contribution >= 4 is 22.8 Å². The predicted molar refractivity (Wildman–Crippen MR) is 273 cm³/mol. The van der Waals surface area contributed by atoms with Crippen molar-refractivity contribution in [3.8, 4) is 0 Å². The van der Waals surface area contributed by atoms with Crippen LogP contribution in [0.4, 0.5) is 11.4 Å². The molecule has 0 aliphatic heterocycles. The number of allylic oxidation sites excluding steroid dienone is 2. The molecule has 0 spiro atoms. The maximum Gasteiger partial charge on any atom is 0.0848 e. The van der Waals surface area contributed by atoms with Crippen molar-refractivity contribution in [2.75, 3.05) is 0 Å². The SMILES string of the molecule is CCCCCCCCCCCCCCCCCCC=CC(=Nc1cc(CCCC)cc(CCCC)c1)C(CCCCCCCC)=Nc1cc(CCCC)cc(CCCC)c1.[Ni]. The number of rotatable bonds is 40. The van der Waals surface area contributed by atoms with Crippen LogP contribution in [0.1, 0.15) is 269 Å². The molecule has 0 amide bonds. The van der Waals surface area contributed by atoms with E-state index in [4.69, 9.17) is 9.98 Å². The fraction of sp³-hybridized carbons (Fsp3) is 0.724. The first kappa shape index (κ1) is 57.0. The maximum absolute atomic E-state index is 5.60. The second-order valence-corrected chi connectivity index (χ2v) is 18.5. The van der Waals surface area contributed by atoms with Gasteiger partial charge in [0.2, 0.25) is 0 Å². The van der Waals surface area contributed by atoms with Crippen molar-refractivity contribution in [2.24, 2.45) is 9.98 Å². The second-order valence-electron chi connectivity index (χ2n) is 18.5. The minimum absolute atomic E-state index is 0. The zero-order chi connectivity index (χ0) is 43.1. The molecule has 0 heterocycles. The molecule has 0 N–H and O–H groups in total. The zero-order valence-corrected chi connectivity index (χ0v) is 42.3. The number of hydrogen-bond acceptors (Lipinski definition) is 2. The molecule has 0 aliphatic carbocycles. The van der Waals surface area contributed by atoms with Crippen LogP contribution in [0.5, 0.6) is 0 Å². The Morgan fingerprint density at radius 1 is 0.361 bits per heavy atom. The third-order valence-corrected chi connectivity index (χ3v) is 12.4. The molecule has 0 aliphatic rings. The van der Waals surface area contributed by atoms with Gasteiger partial charge in [0.15, 0.2) is 0 Å². The Hall–Kier alpha value is -1.99. The number of aryl methyl sites for hydroxylation is 4. The van der Waals surface area contributed by atoms with Crippen LogP contribution < -0.4 is 0 Å². The summed E-state index contributed by atoms with van der Waals surface area (Å²) in [7, 11) is 0. The predicted octanol–water partition coefficient (Wildman–Crippen LogP) is 19.9. The first-order valence-corrected chi connectivity index (χ1v) is 26.6. The molecular formula is C58H98N2Ni. The van der Waals surface area contributed by atoms with E-state index < -0.39 is 0 Å². The summed E-state index contributed by atoms with van der Waals surface area (Å²) in [5.74, 6) is 0. The molecule has 0 fully saturated rings. The number of unbranched alkanes of at least 4 members (excludes halogenated alkanes) is 25. The molecule has 2 aromatic carbocycles. The summed E-state index contributed by atoms with van der Waals surface area (Å²) in [5.41, 5.74) is 10.3. The van der Waals surface area contributed by atoms with E-state index in [0.29, 0.717) is 0 Å². The van der Waals surface area contributed by atoms with Crippen LogP contribution in [-0.4, -0.2) is 11.4 Å². The van der Waals surface area contributed by atoms with Crippen LogP contribution in [0, 0.1) is 0 Å². The van der Waals surface area contributed by atoms with Crippen LogP contribution in [0.25, 0.3) is 0 Å². The smallest absolute Gasteiger partial charge is 0.0848 e. The average molecular weight is 882 g/mol. The number of aliphatic imine (C=N–C) groups is 2. The van der Waals surface area contributed by atoms with Crippen molar-refractivity contribution in [3.63, 3.8) is 0 Å². The van der Waals surface area contributed by atoms with E-state index >= 15 is 0 Å². The van der Waals surface area contributed by atoms with Gasteiger partial charge in [0.05, 0.1) is 22.8 Å². The van der Waals surface area contributed by atoms with E-state index in [-0.39, 0.29) is 16.5 Å². The fourth-order valence-corrected chi connectivity index (χ4v) is 8.53. The van der Waals surface area contributed by atoms with E-state index in [9.17, 15) is 0 Å². The zero-order valence-electron chi connectivity index (χ0n) is 41.3. The number of nitrogens with zero attached hydrogens (tertiary/aromatic N) is 2. The molecule has 0 saturated heterocycles. The van der Waals surface area contributed by atoms with Crippen molar-refractivity contribution in [2.45, 2.75) is 273 Å². The van der Waals surface area contributed by atoms with Crippen LogP contribution in [0.2, 0.25) is 0 Å². The molecule has 3 heteroatoms. The molecule has 0 aromatic heterocycles. The molecule has 0 unspecified atom stereocenters. The van der Waals surface area contributed by atoms with Gasteiger partial charge in [-0.3, -0.25) is 4.99 Å². The van der Waals surface area contributed by atoms with E-state index in [1.54, 1.807) is 0 Å². The molecule has 2 rings (SSSR count). The molecule has 61 heavy (non-hydrogen) atoms. The minimum Gasteiger partial charge on any atom is -0.251 e. The number of benzene rings is 2. The van der Waals surface area contributed by atoms with Gasteiger partial charge in [-0.15, -0.1) is 0 Å². The third-order valence-electron chi connectivity index (χ3n) is 12.4. The van der Waals surface area contributed by atoms with Gasteiger partial charge >= 0.3 is 0 Å². The van der Waals surface area contributed by atoms with Gasteiger partial charge in [-0.2, -0.15) is 0 Å². The summed E-state index contributed by atoms with van der Waals surface area (Å²) in [6, 6.07) is 14.5. The van der Waals surface area contributed by atoms with E-state index in [2.05, 4.69) is 90.1 Å². The van der Waals surface area contributed by atoms with Crippen LogP contribution >= 0.6 is 0 Å². The normalized spacial score (nSPS) is 12.2. The Morgan fingerprint density at radius 3 is 1.03 bits per heavy atom. The van der Waals surface area contributed by atoms with E-state index in [1.165, 1.54) is 221 Å². The minimum atomic E-state index is 0. The van der Waals surface area contributed by atoms with Crippen LogP contribution in [-0.2, 0) is 42.2 Å². The molecule has 2 nitrogen and oxygen atoms in total. The Bertz CT molecular complexity index is 1350. The van der Waals surface area contributed by atoms with Crippen molar-refractivity contribution < 1.29 is 16.5 Å². The van der Waals surface area contributed by atoms with E-state index in [0.717, 1.165) is 55.6 Å². The monoisotopic (exact) mass is 881 g/mol. The summed E-state index contributed by atoms with van der Waals surface area (Å²) in [6.07, 6.45) is 51.6. The van der Waals surface area contributed by atoms with Crippen LogP contribution in [0.15, 0.2) is 58.5 Å². The second kappa shape index (κ2) is 40.8. The third kappa shape index (κ3) is 29.9. The summed E-state index contributed by atoms with van der Waals surface area (Å²) >= 11 is 0. The molecular weight excluding hydrogens is 783 g/mol. The molecule has 0 radical (unpaired) electrons. The quantitative estimate of drug-likeness (QED) is 0.0362. The van der Waals surface area contributed by atoms with Gasteiger partial charge in [-0.05, 0) is 130 Å². The largest absolute Gasteiger partial charge is 0.251 e. The molecule has 0 atom stereocenters.